The van der Waals surface area contributed by atoms with Crippen molar-refractivity contribution < 1.29 is 9.59 Å². The average Bonchev–Trinajstić information content (AvgIpc) is 2.92. The predicted octanol–water partition coefficient (Wildman–Crippen LogP) is 1.31. The zero-order chi connectivity index (χ0) is 15.4. The smallest absolute Gasteiger partial charge is 0.227 e. The molecule has 2 amide bonds. The number of thiophene rings is 1. The zero-order valence-electron chi connectivity index (χ0n) is 12.8. The van der Waals surface area contributed by atoms with Crippen LogP contribution in [0, 0.1) is 5.92 Å². The van der Waals surface area contributed by atoms with Crippen LogP contribution in [0.2, 0.25) is 0 Å². The lowest BCUT2D eigenvalue weighted by Crippen LogP contribution is -2.45. The second kappa shape index (κ2) is 7.24. The molecular formula is C16H23N3O2S. The Morgan fingerprint density at radius 1 is 1.32 bits per heavy atom. The average molecular weight is 321 g/mol. The van der Waals surface area contributed by atoms with E-state index < -0.39 is 0 Å². The minimum Gasteiger partial charge on any atom is -0.355 e. The molecule has 3 rings (SSSR count). The Morgan fingerprint density at radius 3 is 2.95 bits per heavy atom. The van der Waals surface area contributed by atoms with Crippen molar-refractivity contribution in [1.82, 2.24) is 15.1 Å². The number of carbonyl (C=O) groups excluding carboxylic acids is 2. The summed E-state index contributed by atoms with van der Waals surface area (Å²) in [4.78, 5) is 29.6. The van der Waals surface area contributed by atoms with Crippen LogP contribution in [0.5, 0.6) is 0 Å². The van der Waals surface area contributed by atoms with E-state index in [0.717, 1.165) is 39.1 Å². The van der Waals surface area contributed by atoms with E-state index in [1.807, 2.05) is 4.90 Å². The Kier molecular flexibility index (Phi) is 5.10. The third-order valence-electron chi connectivity index (χ3n) is 4.47. The lowest BCUT2D eigenvalue weighted by atomic mass is 9.97. The largest absolute Gasteiger partial charge is 0.355 e. The second-order valence-corrected chi connectivity index (χ2v) is 7.11. The predicted molar refractivity (Wildman–Crippen MR) is 86.5 cm³/mol. The van der Waals surface area contributed by atoms with Gasteiger partial charge >= 0.3 is 0 Å². The van der Waals surface area contributed by atoms with Gasteiger partial charge in [-0.05, 0) is 24.3 Å². The summed E-state index contributed by atoms with van der Waals surface area (Å²) in [5.74, 6) is 0.265. The first-order valence-electron chi connectivity index (χ1n) is 8.02. The second-order valence-electron chi connectivity index (χ2n) is 6.07. The summed E-state index contributed by atoms with van der Waals surface area (Å²) in [5.41, 5.74) is 0. The molecule has 5 nitrogen and oxygen atoms in total. The number of hydrogen-bond acceptors (Lipinski definition) is 4. The highest BCUT2D eigenvalue weighted by Crippen LogP contribution is 2.17. The summed E-state index contributed by atoms with van der Waals surface area (Å²) in [6, 6.07) is 4.26. The van der Waals surface area contributed by atoms with Gasteiger partial charge in [0.1, 0.15) is 0 Å². The molecule has 0 radical (unpaired) electrons. The fourth-order valence-electron chi connectivity index (χ4n) is 3.17. The number of carbonyl (C=O) groups is 2. The quantitative estimate of drug-likeness (QED) is 0.913. The van der Waals surface area contributed by atoms with Gasteiger partial charge < -0.3 is 10.2 Å². The molecule has 22 heavy (non-hydrogen) atoms. The van der Waals surface area contributed by atoms with Gasteiger partial charge in [0.05, 0.1) is 5.92 Å². The van der Waals surface area contributed by atoms with Gasteiger partial charge in [0.25, 0.3) is 0 Å². The topological polar surface area (TPSA) is 52.7 Å². The maximum Gasteiger partial charge on any atom is 0.227 e. The summed E-state index contributed by atoms with van der Waals surface area (Å²) < 4.78 is 0. The van der Waals surface area contributed by atoms with Gasteiger partial charge in [-0.2, -0.15) is 0 Å². The first kappa shape index (κ1) is 15.5. The van der Waals surface area contributed by atoms with Crippen molar-refractivity contribution >= 4 is 23.2 Å². The van der Waals surface area contributed by atoms with Crippen LogP contribution in [0.4, 0.5) is 0 Å². The van der Waals surface area contributed by atoms with Crippen molar-refractivity contribution in [1.29, 1.82) is 0 Å². The summed E-state index contributed by atoms with van der Waals surface area (Å²) in [7, 11) is 0. The molecule has 2 aliphatic heterocycles. The lowest BCUT2D eigenvalue weighted by molar-refractivity contribution is -0.137. The minimum absolute atomic E-state index is 0.0263. The van der Waals surface area contributed by atoms with Gasteiger partial charge in [-0.1, -0.05) is 6.07 Å². The van der Waals surface area contributed by atoms with Crippen LogP contribution >= 0.6 is 11.3 Å². The Balaban J connectivity index is 1.51. The third kappa shape index (κ3) is 3.87. The molecule has 0 aromatic carbocycles. The van der Waals surface area contributed by atoms with E-state index in [-0.39, 0.29) is 17.7 Å². The highest BCUT2D eigenvalue weighted by atomic mass is 32.1. The van der Waals surface area contributed by atoms with Crippen LogP contribution < -0.4 is 5.32 Å². The SMILES string of the molecule is O=C1CC[C@@H](C(=O)N2CCCN(Cc3cccs3)CC2)CN1. The van der Waals surface area contributed by atoms with E-state index >= 15 is 0 Å². The highest BCUT2D eigenvalue weighted by Gasteiger charge is 2.29. The summed E-state index contributed by atoms with van der Waals surface area (Å²) in [6.45, 7) is 5.11. The zero-order valence-corrected chi connectivity index (χ0v) is 13.6. The van der Waals surface area contributed by atoms with E-state index in [4.69, 9.17) is 0 Å². The molecule has 1 atom stereocenters. The molecule has 2 saturated heterocycles. The van der Waals surface area contributed by atoms with E-state index in [9.17, 15) is 9.59 Å². The van der Waals surface area contributed by atoms with Crippen LogP contribution in [-0.2, 0) is 16.1 Å². The van der Waals surface area contributed by atoms with Gasteiger partial charge in [-0.3, -0.25) is 14.5 Å². The Labute approximate surface area is 135 Å². The molecule has 2 aliphatic rings. The molecule has 0 aliphatic carbocycles. The molecule has 2 fully saturated rings. The lowest BCUT2D eigenvalue weighted by Gasteiger charge is -2.28. The monoisotopic (exact) mass is 321 g/mol. The van der Waals surface area contributed by atoms with Crippen molar-refractivity contribution in [2.75, 3.05) is 32.7 Å². The molecule has 120 valence electrons. The molecule has 1 aromatic heterocycles. The molecule has 0 saturated carbocycles. The summed E-state index contributed by atoms with van der Waals surface area (Å²) in [6.07, 6.45) is 2.20. The maximum absolute atomic E-state index is 12.6. The van der Waals surface area contributed by atoms with E-state index in [2.05, 4.69) is 27.7 Å². The molecular weight excluding hydrogens is 298 g/mol. The number of hydrogen-bond donors (Lipinski definition) is 1. The molecule has 3 heterocycles. The van der Waals surface area contributed by atoms with E-state index in [0.29, 0.717) is 19.4 Å². The normalized spacial score (nSPS) is 23.9. The molecule has 6 heteroatoms. The first-order valence-corrected chi connectivity index (χ1v) is 8.90. The number of piperidine rings is 1. The first-order chi connectivity index (χ1) is 10.7. The van der Waals surface area contributed by atoms with Crippen molar-refractivity contribution in [3.05, 3.63) is 22.4 Å². The van der Waals surface area contributed by atoms with Crippen molar-refractivity contribution in [3.8, 4) is 0 Å². The van der Waals surface area contributed by atoms with Crippen molar-refractivity contribution in [2.24, 2.45) is 5.92 Å². The Hall–Kier alpha value is -1.40. The van der Waals surface area contributed by atoms with Crippen LogP contribution in [0.1, 0.15) is 24.1 Å². The van der Waals surface area contributed by atoms with Gasteiger partial charge in [-0.15, -0.1) is 11.3 Å². The van der Waals surface area contributed by atoms with Crippen molar-refractivity contribution in [2.45, 2.75) is 25.8 Å². The standard InChI is InChI=1S/C16H23N3O2S/c20-15-5-4-13(11-17-15)16(21)19-7-2-6-18(8-9-19)12-14-3-1-10-22-14/h1,3,10,13H,2,4-9,11-12H2,(H,17,20)/t13-/m1/s1. The molecule has 0 bridgehead atoms. The fourth-order valence-corrected chi connectivity index (χ4v) is 3.92. The van der Waals surface area contributed by atoms with Crippen LogP contribution in [0.25, 0.3) is 0 Å². The molecule has 0 spiro atoms. The van der Waals surface area contributed by atoms with Gasteiger partial charge in [0, 0.05) is 50.6 Å². The fraction of sp³-hybridized carbons (Fsp3) is 0.625. The molecule has 1 aromatic rings. The number of rotatable bonds is 3. The summed E-state index contributed by atoms with van der Waals surface area (Å²) >= 11 is 1.79. The Bertz CT molecular complexity index is 507. The van der Waals surface area contributed by atoms with E-state index in [1.165, 1.54) is 4.88 Å². The summed E-state index contributed by atoms with van der Waals surface area (Å²) in [5, 5.41) is 4.92. The minimum atomic E-state index is -0.0263. The van der Waals surface area contributed by atoms with Crippen LogP contribution in [0.15, 0.2) is 17.5 Å². The van der Waals surface area contributed by atoms with Gasteiger partial charge in [0.15, 0.2) is 0 Å². The van der Waals surface area contributed by atoms with Gasteiger partial charge in [0.2, 0.25) is 11.8 Å². The third-order valence-corrected chi connectivity index (χ3v) is 5.34. The van der Waals surface area contributed by atoms with E-state index in [1.54, 1.807) is 11.3 Å². The highest BCUT2D eigenvalue weighted by molar-refractivity contribution is 7.09. The molecule has 1 N–H and O–H groups in total. The molecule has 0 unspecified atom stereocenters. The van der Waals surface area contributed by atoms with Crippen LogP contribution in [-0.4, -0.2) is 54.3 Å². The van der Waals surface area contributed by atoms with Crippen molar-refractivity contribution in [3.63, 3.8) is 0 Å². The Morgan fingerprint density at radius 2 is 2.23 bits per heavy atom. The van der Waals surface area contributed by atoms with Crippen LogP contribution in [0.3, 0.4) is 0 Å². The van der Waals surface area contributed by atoms with Gasteiger partial charge in [-0.25, -0.2) is 0 Å². The number of amides is 2. The number of nitrogens with zero attached hydrogens (tertiary/aromatic N) is 2. The maximum atomic E-state index is 12.6. The number of nitrogens with one attached hydrogen (secondary N) is 1.